The van der Waals surface area contributed by atoms with Gasteiger partial charge in [0, 0.05) is 20.1 Å². The lowest BCUT2D eigenvalue weighted by atomic mass is 10.2. The first-order chi connectivity index (χ1) is 9.03. The van der Waals surface area contributed by atoms with Crippen molar-refractivity contribution in [3.63, 3.8) is 0 Å². The van der Waals surface area contributed by atoms with Gasteiger partial charge in [-0.3, -0.25) is 10.1 Å². The quantitative estimate of drug-likeness (QED) is 0.611. The highest BCUT2D eigenvalue weighted by Crippen LogP contribution is 2.26. The van der Waals surface area contributed by atoms with Gasteiger partial charge in [0.25, 0.3) is 0 Å². The van der Waals surface area contributed by atoms with Gasteiger partial charge in [-0.05, 0) is 13.8 Å². The Kier molecular flexibility index (Phi) is 5.00. The van der Waals surface area contributed by atoms with Gasteiger partial charge in [-0.15, -0.1) is 0 Å². The molecule has 8 nitrogen and oxygen atoms in total. The highest BCUT2D eigenvalue weighted by Gasteiger charge is 2.23. The summed E-state index contributed by atoms with van der Waals surface area (Å²) >= 11 is 0. The maximum Gasteiger partial charge on any atom is 0.329 e. The minimum atomic E-state index is -0.519. The van der Waals surface area contributed by atoms with E-state index in [9.17, 15) is 10.1 Å². The van der Waals surface area contributed by atoms with Crippen LogP contribution in [-0.2, 0) is 0 Å². The van der Waals surface area contributed by atoms with E-state index in [1.54, 1.807) is 18.9 Å². The number of hydrogen-bond donors (Lipinski definition) is 1. The molecule has 0 saturated carbocycles. The average molecular weight is 264 g/mol. The summed E-state index contributed by atoms with van der Waals surface area (Å²) in [4.78, 5) is 20.2. The van der Waals surface area contributed by atoms with E-state index >= 15 is 0 Å². The second-order valence-electron chi connectivity index (χ2n) is 3.98. The average Bonchev–Trinajstić information content (AvgIpc) is 2.43. The van der Waals surface area contributed by atoms with E-state index in [1.165, 1.54) is 6.20 Å². The predicted molar refractivity (Wildman–Crippen MR) is 70.9 cm³/mol. The van der Waals surface area contributed by atoms with Crippen molar-refractivity contribution in [2.24, 2.45) is 5.92 Å². The van der Waals surface area contributed by atoms with Gasteiger partial charge in [-0.2, -0.15) is 10.2 Å². The summed E-state index contributed by atoms with van der Waals surface area (Å²) in [5.74, 6) is 0.296. The third kappa shape index (κ3) is 3.51. The molecule has 0 aliphatic carbocycles. The number of nitro groups is 1. The molecule has 19 heavy (non-hydrogen) atoms. The molecule has 1 aromatic rings. The first-order valence-electron chi connectivity index (χ1n) is 5.87. The molecule has 0 aliphatic heterocycles. The van der Waals surface area contributed by atoms with Crippen LogP contribution in [0, 0.1) is 27.4 Å². The third-order valence-corrected chi connectivity index (χ3v) is 2.57. The van der Waals surface area contributed by atoms with Crippen LogP contribution in [0.15, 0.2) is 6.20 Å². The van der Waals surface area contributed by atoms with Gasteiger partial charge >= 0.3 is 5.69 Å². The molecular formula is C11H16N6O2. The SMILES string of the molecule is CCN(CC(C)C#N)c1nc(NC)ncc1[N+](=O)[O-]. The van der Waals surface area contributed by atoms with Crippen molar-refractivity contribution in [3.8, 4) is 6.07 Å². The second-order valence-corrected chi connectivity index (χ2v) is 3.98. The molecule has 0 aromatic carbocycles. The summed E-state index contributed by atoms with van der Waals surface area (Å²) in [6, 6.07) is 2.11. The fraction of sp³-hybridized carbons (Fsp3) is 0.545. The van der Waals surface area contributed by atoms with Gasteiger partial charge in [-0.1, -0.05) is 0 Å². The van der Waals surface area contributed by atoms with Crippen molar-refractivity contribution < 1.29 is 4.92 Å². The van der Waals surface area contributed by atoms with E-state index in [2.05, 4.69) is 21.4 Å². The molecule has 1 aromatic heterocycles. The molecule has 102 valence electrons. The van der Waals surface area contributed by atoms with Crippen molar-refractivity contribution in [3.05, 3.63) is 16.3 Å². The summed E-state index contributed by atoms with van der Waals surface area (Å²) in [5, 5.41) is 22.6. The molecule has 1 N–H and O–H groups in total. The van der Waals surface area contributed by atoms with Crippen LogP contribution in [0.3, 0.4) is 0 Å². The highest BCUT2D eigenvalue weighted by atomic mass is 16.6. The fourth-order valence-electron chi connectivity index (χ4n) is 1.59. The van der Waals surface area contributed by atoms with Gasteiger partial charge in [0.05, 0.1) is 16.9 Å². The minimum absolute atomic E-state index is 0.161. The van der Waals surface area contributed by atoms with Gasteiger partial charge in [0.2, 0.25) is 11.8 Å². The molecule has 0 saturated heterocycles. The van der Waals surface area contributed by atoms with Crippen LogP contribution < -0.4 is 10.2 Å². The Morgan fingerprint density at radius 2 is 2.37 bits per heavy atom. The molecule has 0 bridgehead atoms. The first kappa shape index (κ1) is 14.6. The van der Waals surface area contributed by atoms with E-state index < -0.39 is 4.92 Å². The molecule has 1 heterocycles. The summed E-state index contributed by atoms with van der Waals surface area (Å²) < 4.78 is 0. The van der Waals surface area contributed by atoms with Crippen LogP contribution in [0.2, 0.25) is 0 Å². The topological polar surface area (TPSA) is 108 Å². The fourth-order valence-corrected chi connectivity index (χ4v) is 1.59. The number of anilines is 2. The van der Waals surface area contributed by atoms with E-state index in [-0.39, 0.29) is 17.4 Å². The Bertz CT molecular complexity index is 498. The number of rotatable bonds is 6. The van der Waals surface area contributed by atoms with Crippen LogP contribution in [0.5, 0.6) is 0 Å². The predicted octanol–water partition coefficient (Wildman–Crippen LogP) is 1.41. The first-order valence-corrected chi connectivity index (χ1v) is 5.87. The lowest BCUT2D eigenvalue weighted by Gasteiger charge is -2.22. The Hall–Kier alpha value is -2.43. The molecule has 1 unspecified atom stereocenters. The summed E-state index contributed by atoms with van der Waals surface area (Å²) in [7, 11) is 1.64. The number of nitriles is 1. The standard InChI is InChI=1S/C11H16N6O2/c1-4-16(7-8(2)5-12)10-9(17(18)19)6-14-11(13-3)15-10/h6,8H,4,7H2,1-3H3,(H,13,14,15). The van der Waals surface area contributed by atoms with Gasteiger partial charge in [0.15, 0.2) is 0 Å². The molecular weight excluding hydrogens is 248 g/mol. The molecule has 1 rings (SSSR count). The smallest absolute Gasteiger partial charge is 0.329 e. The normalized spacial score (nSPS) is 11.5. The molecule has 1 atom stereocenters. The number of nitrogens with zero attached hydrogens (tertiary/aromatic N) is 5. The molecule has 0 radical (unpaired) electrons. The summed E-state index contributed by atoms with van der Waals surface area (Å²) in [5.41, 5.74) is -0.161. The van der Waals surface area contributed by atoms with E-state index in [0.29, 0.717) is 19.0 Å². The van der Waals surface area contributed by atoms with Crippen LogP contribution in [-0.4, -0.2) is 35.0 Å². The van der Waals surface area contributed by atoms with Gasteiger partial charge in [0.1, 0.15) is 6.20 Å². The Balaban J connectivity index is 3.19. The van der Waals surface area contributed by atoms with Crippen LogP contribution >= 0.6 is 0 Å². The Morgan fingerprint density at radius 3 is 2.84 bits per heavy atom. The lowest BCUT2D eigenvalue weighted by Crippen LogP contribution is -2.29. The van der Waals surface area contributed by atoms with Crippen molar-refractivity contribution >= 4 is 17.5 Å². The van der Waals surface area contributed by atoms with Crippen molar-refractivity contribution in [2.45, 2.75) is 13.8 Å². The zero-order valence-corrected chi connectivity index (χ0v) is 11.1. The third-order valence-electron chi connectivity index (χ3n) is 2.57. The molecule has 0 fully saturated rings. The largest absolute Gasteiger partial charge is 0.357 e. The zero-order chi connectivity index (χ0) is 14.4. The molecule has 0 amide bonds. The van der Waals surface area contributed by atoms with E-state index in [1.807, 2.05) is 6.92 Å². The summed E-state index contributed by atoms with van der Waals surface area (Å²) in [6.45, 7) is 4.52. The number of nitrogens with one attached hydrogen (secondary N) is 1. The molecule has 8 heteroatoms. The van der Waals surface area contributed by atoms with Crippen molar-refractivity contribution in [1.29, 1.82) is 5.26 Å². The van der Waals surface area contributed by atoms with Gasteiger partial charge in [-0.25, -0.2) is 4.98 Å². The van der Waals surface area contributed by atoms with Crippen molar-refractivity contribution in [2.75, 3.05) is 30.4 Å². The molecule has 0 spiro atoms. The lowest BCUT2D eigenvalue weighted by molar-refractivity contribution is -0.384. The van der Waals surface area contributed by atoms with E-state index in [0.717, 1.165) is 0 Å². The Morgan fingerprint density at radius 1 is 1.68 bits per heavy atom. The Labute approximate surface area is 111 Å². The zero-order valence-electron chi connectivity index (χ0n) is 11.1. The van der Waals surface area contributed by atoms with Crippen LogP contribution in [0.4, 0.5) is 17.5 Å². The molecule has 0 aliphatic rings. The van der Waals surface area contributed by atoms with Gasteiger partial charge < -0.3 is 10.2 Å². The highest BCUT2D eigenvalue weighted by molar-refractivity contribution is 5.58. The minimum Gasteiger partial charge on any atom is -0.357 e. The monoisotopic (exact) mass is 264 g/mol. The summed E-state index contributed by atoms with van der Waals surface area (Å²) in [6.07, 6.45) is 1.17. The second kappa shape index (κ2) is 6.49. The maximum atomic E-state index is 11.0. The van der Waals surface area contributed by atoms with Crippen molar-refractivity contribution in [1.82, 2.24) is 9.97 Å². The van der Waals surface area contributed by atoms with Crippen LogP contribution in [0.1, 0.15) is 13.8 Å². The maximum absolute atomic E-state index is 11.0. The number of aromatic nitrogens is 2. The number of hydrogen-bond acceptors (Lipinski definition) is 7. The van der Waals surface area contributed by atoms with Crippen LogP contribution in [0.25, 0.3) is 0 Å². The van der Waals surface area contributed by atoms with E-state index in [4.69, 9.17) is 5.26 Å².